The Balaban J connectivity index is 1.71. The molecule has 0 unspecified atom stereocenters. The number of methoxy groups -OCH3 is 1. The Labute approximate surface area is 153 Å². The van der Waals surface area contributed by atoms with Crippen molar-refractivity contribution in [1.82, 2.24) is 14.8 Å². The second kappa shape index (κ2) is 7.49. The summed E-state index contributed by atoms with van der Waals surface area (Å²) in [5.74, 6) is -0.757. The summed E-state index contributed by atoms with van der Waals surface area (Å²) in [4.78, 5) is 26.5. The number of halogens is 2. The molecule has 0 aliphatic carbocycles. The number of hydrogen-bond acceptors (Lipinski definition) is 8. The first-order valence-corrected chi connectivity index (χ1v) is 8.08. The lowest BCUT2D eigenvalue weighted by molar-refractivity contribution is -0.385. The zero-order valence-corrected chi connectivity index (χ0v) is 14.4. The Morgan fingerprint density at radius 2 is 2.26 bits per heavy atom. The van der Waals surface area contributed by atoms with Gasteiger partial charge >= 0.3 is 18.2 Å². The van der Waals surface area contributed by atoms with Crippen LogP contribution in [0, 0.1) is 10.1 Å². The molecule has 2 aromatic heterocycles. The predicted octanol–water partition coefficient (Wildman–Crippen LogP) is 2.65. The highest BCUT2D eigenvalue weighted by Crippen LogP contribution is 2.30. The SMILES string of the molecule is COc1nn(CC(=O)Nc2nc3ccc(OC(F)F)cc3s2)cc1[N+](=O)[O-]. The maximum absolute atomic E-state index is 12.3. The van der Waals surface area contributed by atoms with E-state index >= 15 is 0 Å². The molecule has 0 aliphatic heterocycles. The number of carbonyl (C=O) groups is 1. The van der Waals surface area contributed by atoms with Gasteiger partial charge in [0.1, 0.15) is 18.5 Å². The first-order chi connectivity index (χ1) is 12.9. The van der Waals surface area contributed by atoms with Crippen LogP contribution in [0.1, 0.15) is 0 Å². The summed E-state index contributed by atoms with van der Waals surface area (Å²) in [7, 11) is 1.23. The van der Waals surface area contributed by atoms with E-state index in [-0.39, 0.29) is 29.0 Å². The molecule has 0 aliphatic rings. The number of ether oxygens (including phenoxy) is 2. The molecule has 3 rings (SSSR count). The molecule has 0 saturated heterocycles. The van der Waals surface area contributed by atoms with Crippen LogP contribution in [0.3, 0.4) is 0 Å². The van der Waals surface area contributed by atoms with Crippen molar-refractivity contribution in [3.05, 3.63) is 34.5 Å². The minimum Gasteiger partial charge on any atom is -0.475 e. The fourth-order valence-corrected chi connectivity index (χ4v) is 3.10. The molecule has 1 aromatic carbocycles. The summed E-state index contributed by atoms with van der Waals surface area (Å²) in [5, 5.41) is 17.4. The van der Waals surface area contributed by atoms with Crippen LogP contribution < -0.4 is 14.8 Å². The van der Waals surface area contributed by atoms with E-state index in [2.05, 4.69) is 20.1 Å². The van der Waals surface area contributed by atoms with Crippen molar-refractivity contribution in [2.45, 2.75) is 13.2 Å². The van der Waals surface area contributed by atoms with Crippen LogP contribution in [0.15, 0.2) is 24.4 Å². The van der Waals surface area contributed by atoms with E-state index in [9.17, 15) is 23.7 Å². The van der Waals surface area contributed by atoms with Gasteiger partial charge in [-0.25, -0.2) is 4.98 Å². The van der Waals surface area contributed by atoms with Gasteiger partial charge in [0.2, 0.25) is 5.91 Å². The zero-order chi connectivity index (χ0) is 19.6. The Hall–Kier alpha value is -3.35. The molecular weight excluding hydrogens is 388 g/mol. The third-order valence-electron chi connectivity index (χ3n) is 3.24. The molecule has 13 heteroatoms. The number of amides is 1. The molecule has 27 heavy (non-hydrogen) atoms. The van der Waals surface area contributed by atoms with Gasteiger partial charge in [0.25, 0.3) is 0 Å². The highest BCUT2D eigenvalue weighted by atomic mass is 32.1. The molecule has 142 valence electrons. The number of nitrogens with zero attached hydrogens (tertiary/aromatic N) is 4. The Kier molecular flexibility index (Phi) is 5.12. The monoisotopic (exact) mass is 399 g/mol. The molecule has 0 fully saturated rings. The van der Waals surface area contributed by atoms with Crippen molar-refractivity contribution in [2.75, 3.05) is 12.4 Å². The van der Waals surface area contributed by atoms with Gasteiger partial charge in [-0.1, -0.05) is 11.3 Å². The number of nitrogens with one attached hydrogen (secondary N) is 1. The van der Waals surface area contributed by atoms with Crippen molar-refractivity contribution in [2.24, 2.45) is 0 Å². The standard InChI is InChI=1S/C14H11F2N5O5S/c1-25-12-9(21(23)24)5-20(19-12)6-11(22)18-14-17-8-3-2-7(26-13(15)16)4-10(8)27-14/h2-5,13H,6H2,1H3,(H,17,18,22). The summed E-state index contributed by atoms with van der Waals surface area (Å²) in [6, 6.07) is 4.21. The third-order valence-corrected chi connectivity index (χ3v) is 4.17. The highest BCUT2D eigenvalue weighted by molar-refractivity contribution is 7.22. The summed E-state index contributed by atoms with van der Waals surface area (Å²) >= 11 is 1.06. The molecule has 2 heterocycles. The van der Waals surface area contributed by atoms with Gasteiger partial charge in [-0.05, 0) is 18.2 Å². The van der Waals surface area contributed by atoms with E-state index < -0.39 is 17.4 Å². The van der Waals surface area contributed by atoms with E-state index in [1.165, 1.54) is 25.3 Å². The number of nitro groups is 1. The van der Waals surface area contributed by atoms with Crippen molar-refractivity contribution in [3.63, 3.8) is 0 Å². The first kappa shape index (κ1) is 18.4. The molecule has 0 atom stereocenters. The van der Waals surface area contributed by atoms with Gasteiger partial charge < -0.3 is 14.8 Å². The first-order valence-electron chi connectivity index (χ1n) is 7.27. The van der Waals surface area contributed by atoms with E-state index in [1.807, 2.05) is 0 Å². The van der Waals surface area contributed by atoms with Crippen LogP contribution in [0.5, 0.6) is 11.6 Å². The average Bonchev–Trinajstić information content (AvgIpc) is 3.16. The van der Waals surface area contributed by atoms with Crippen LogP contribution in [0.25, 0.3) is 10.2 Å². The molecule has 1 N–H and O–H groups in total. The number of hydrogen-bond donors (Lipinski definition) is 1. The lowest BCUT2D eigenvalue weighted by atomic mass is 10.3. The fourth-order valence-electron chi connectivity index (χ4n) is 2.19. The van der Waals surface area contributed by atoms with E-state index in [4.69, 9.17) is 4.74 Å². The fraction of sp³-hybridized carbons (Fsp3) is 0.214. The van der Waals surface area contributed by atoms with Gasteiger partial charge in [0.05, 0.1) is 22.2 Å². The summed E-state index contributed by atoms with van der Waals surface area (Å²) < 4.78 is 35.2. The maximum atomic E-state index is 12.3. The Bertz CT molecular complexity index is 1010. The summed E-state index contributed by atoms with van der Waals surface area (Å²) in [6.45, 7) is -3.25. The number of benzene rings is 1. The molecular formula is C14H11F2N5O5S. The highest BCUT2D eigenvalue weighted by Gasteiger charge is 2.21. The number of anilines is 1. The van der Waals surface area contributed by atoms with E-state index in [0.717, 1.165) is 22.2 Å². The number of thiazole rings is 1. The number of carbonyl (C=O) groups excluding carboxylic acids is 1. The second-order valence-corrected chi connectivity index (χ2v) is 6.08. The minimum absolute atomic E-state index is 0.0185. The molecule has 0 saturated carbocycles. The number of alkyl halides is 2. The van der Waals surface area contributed by atoms with Crippen LogP contribution in [-0.2, 0) is 11.3 Å². The lowest BCUT2D eigenvalue weighted by Crippen LogP contribution is -2.18. The minimum atomic E-state index is -2.94. The number of rotatable bonds is 7. The second-order valence-electron chi connectivity index (χ2n) is 5.05. The molecule has 0 bridgehead atoms. The van der Waals surface area contributed by atoms with Gasteiger partial charge in [0, 0.05) is 0 Å². The quantitative estimate of drug-likeness (QED) is 0.479. The van der Waals surface area contributed by atoms with Crippen LogP contribution in [-0.4, -0.2) is 39.3 Å². The molecule has 1 amide bonds. The van der Waals surface area contributed by atoms with Gasteiger partial charge in [-0.2, -0.15) is 8.78 Å². The van der Waals surface area contributed by atoms with Crippen molar-refractivity contribution >= 4 is 38.3 Å². The van der Waals surface area contributed by atoms with Gasteiger partial charge in [-0.3, -0.25) is 19.6 Å². The van der Waals surface area contributed by atoms with E-state index in [0.29, 0.717) is 10.2 Å². The Morgan fingerprint density at radius 3 is 2.89 bits per heavy atom. The average molecular weight is 399 g/mol. The van der Waals surface area contributed by atoms with Crippen LogP contribution in [0.4, 0.5) is 19.6 Å². The van der Waals surface area contributed by atoms with Gasteiger partial charge in [0.15, 0.2) is 5.13 Å². The van der Waals surface area contributed by atoms with Crippen molar-refractivity contribution in [1.29, 1.82) is 0 Å². The third kappa shape index (κ3) is 4.25. The molecule has 0 radical (unpaired) electrons. The molecule has 10 nitrogen and oxygen atoms in total. The smallest absolute Gasteiger partial charge is 0.387 e. The predicted molar refractivity (Wildman–Crippen MR) is 90.3 cm³/mol. The summed E-state index contributed by atoms with van der Waals surface area (Å²) in [6.07, 6.45) is 1.07. The maximum Gasteiger partial charge on any atom is 0.387 e. The number of aromatic nitrogens is 3. The van der Waals surface area contributed by atoms with Crippen molar-refractivity contribution in [3.8, 4) is 11.6 Å². The zero-order valence-electron chi connectivity index (χ0n) is 13.6. The number of fused-ring (bicyclic) bond motifs is 1. The van der Waals surface area contributed by atoms with Crippen LogP contribution in [0.2, 0.25) is 0 Å². The lowest BCUT2D eigenvalue weighted by Gasteiger charge is -2.02. The normalized spacial score (nSPS) is 11.0. The largest absolute Gasteiger partial charge is 0.475 e. The van der Waals surface area contributed by atoms with Crippen LogP contribution >= 0.6 is 11.3 Å². The van der Waals surface area contributed by atoms with E-state index in [1.54, 1.807) is 0 Å². The summed E-state index contributed by atoms with van der Waals surface area (Å²) in [5.41, 5.74) is 0.130. The van der Waals surface area contributed by atoms with Crippen molar-refractivity contribution < 1.29 is 28.0 Å². The Morgan fingerprint density at radius 1 is 1.48 bits per heavy atom. The molecule has 0 spiro atoms. The topological polar surface area (TPSA) is 121 Å². The van der Waals surface area contributed by atoms with Gasteiger partial charge in [-0.15, -0.1) is 5.10 Å². The molecule has 3 aromatic rings.